The Balaban J connectivity index is 1.84. The normalized spacial score (nSPS) is 22.0. The number of guanidine groups is 1. The second-order valence-electron chi connectivity index (χ2n) is 5.89. The van der Waals surface area contributed by atoms with E-state index in [9.17, 15) is 14.9 Å². The highest BCUT2D eigenvalue weighted by molar-refractivity contribution is 6.37. The topological polar surface area (TPSA) is 88.3 Å². The fourth-order valence-corrected chi connectivity index (χ4v) is 3.48. The van der Waals surface area contributed by atoms with E-state index in [4.69, 9.17) is 27.9 Å². The first-order valence-corrected chi connectivity index (χ1v) is 8.54. The van der Waals surface area contributed by atoms with Crippen LogP contribution in [0.5, 0.6) is 0 Å². The fourth-order valence-electron chi connectivity index (χ4n) is 2.99. The lowest BCUT2D eigenvalue weighted by atomic mass is 10.1. The number of hydrogen-bond acceptors (Lipinski definition) is 4. The number of rotatable bonds is 4. The van der Waals surface area contributed by atoms with Crippen LogP contribution in [-0.2, 0) is 4.74 Å². The van der Waals surface area contributed by atoms with Crippen molar-refractivity contribution in [2.24, 2.45) is 11.0 Å². The lowest BCUT2D eigenvalue weighted by molar-refractivity contribution is -0.486. The number of hydrazone groups is 1. The van der Waals surface area contributed by atoms with Crippen LogP contribution in [0.25, 0.3) is 0 Å². The summed E-state index contributed by atoms with van der Waals surface area (Å²) in [6, 6.07) is 4.52. The molecule has 10 heteroatoms. The van der Waals surface area contributed by atoms with Crippen molar-refractivity contribution in [3.05, 3.63) is 43.9 Å². The van der Waals surface area contributed by atoms with Gasteiger partial charge in [-0.2, -0.15) is 0 Å². The SMILES string of the molecule is O=C(c1ccc(Cl)cc1Cl)N1CCN(CC2CCOC2)C1=N[N+](=O)[O-]. The van der Waals surface area contributed by atoms with E-state index < -0.39 is 10.9 Å². The molecule has 2 heterocycles. The van der Waals surface area contributed by atoms with Crippen LogP contribution in [0.1, 0.15) is 16.8 Å². The van der Waals surface area contributed by atoms with Gasteiger partial charge in [-0.15, -0.1) is 0 Å². The van der Waals surface area contributed by atoms with Gasteiger partial charge in [0, 0.05) is 37.2 Å². The second kappa shape index (κ2) is 7.55. The summed E-state index contributed by atoms with van der Waals surface area (Å²) < 4.78 is 5.34. The molecular weight excluding hydrogens is 371 g/mol. The van der Waals surface area contributed by atoms with Crippen LogP contribution < -0.4 is 0 Å². The molecule has 0 spiro atoms. The van der Waals surface area contributed by atoms with Gasteiger partial charge in [0.2, 0.25) is 0 Å². The summed E-state index contributed by atoms with van der Waals surface area (Å²) in [4.78, 5) is 26.8. The summed E-state index contributed by atoms with van der Waals surface area (Å²) in [6.07, 6.45) is 0.888. The van der Waals surface area contributed by atoms with Gasteiger partial charge in [-0.25, -0.2) is 10.1 Å². The van der Waals surface area contributed by atoms with Crippen molar-refractivity contribution < 1.29 is 14.6 Å². The minimum atomic E-state index is -0.789. The molecular formula is C15H16Cl2N4O4. The van der Waals surface area contributed by atoms with Crippen LogP contribution in [0.4, 0.5) is 0 Å². The largest absolute Gasteiger partial charge is 0.381 e. The Bertz CT molecular complexity index is 721. The Kier molecular flexibility index (Phi) is 5.41. The van der Waals surface area contributed by atoms with Crippen LogP contribution in [0.2, 0.25) is 10.0 Å². The Morgan fingerprint density at radius 2 is 2.20 bits per heavy atom. The van der Waals surface area contributed by atoms with E-state index in [1.807, 2.05) is 0 Å². The molecule has 8 nitrogen and oxygen atoms in total. The minimum absolute atomic E-state index is 0.0351. The number of benzene rings is 1. The van der Waals surface area contributed by atoms with Gasteiger partial charge in [-0.05, 0) is 24.6 Å². The van der Waals surface area contributed by atoms with Crippen LogP contribution in [0.3, 0.4) is 0 Å². The van der Waals surface area contributed by atoms with Gasteiger partial charge >= 0.3 is 0 Å². The summed E-state index contributed by atoms with van der Waals surface area (Å²) in [7, 11) is 0. The molecule has 25 heavy (non-hydrogen) atoms. The molecule has 0 bridgehead atoms. The maximum Gasteiger partial charge on any atom is 0.281 e. The molecule has 1 amide bonds. The summed E-state index contributed by atoms with van der Waals surface area (Å²) in [5.74, 6) is -0.133. The van der Waals surface area contributed by atoms with Gasteiger partial charge < -0.3 is 9.64 Å². The summed E-state index contributed by atoms with van der Waals surface area (Å²) >= 11 is 11.9. The van der Waals surface area contributed by atoms with Crippen molar-refractivity contribution in [2.75, 3.05) is 32.8 Å². The quantitative estimate of drug-likeness (QED) is 0.585. The van der Waals surface area contributed by atoms with E-state index in [1.54, 1.807) is 11.0 Å². The predicted molar refractivity (Wildman–Crippen MR) is 92.4 cm³/mol. The Hall–Kier alpha value is -1.90. The third-order valence-electron chi connectivity index (χ3n) is 4.20. The molecule has 2 saturated heterocycles. The third kappa shape index (κ3) is 4.02. The van der Waals surface area contributed by atoms with Gasteiger partial charge in [0.05, 0.1) is 17.2 Å². The average Bonchev–Trinajstić information content (AvgIpc) is 3.18. The summed E-state index contributed by atoms with van der Waals surface area (Å²) in [5.41, 5.74) is 0.230. The van der Waals surface area contributed by atoms with Gasteiger partial charge in [-0.3, -0.25) is 9.69 Å². The van der Waals surface area contributed by atoms with E-state index in [0.29, 0.717) is 37.9 Å². The zero-order chi connectivity index (χ0) is 18.0. The van der Waals surface area contributed by atoms with Crippen molar-refractivity contribution >= 4 is 35.1 Å². The van der Waals surface area contributed by atoms with E-state index in [-0.39, 0.29) is 22.5 Å². The van der Waals surface area contributed by atoms with Crippen LogP contribution in [-0.4, -0.2) is 59.5 Å². The monoisotopic (exact) mass is 386 g/mol. The van der Waals surface area contributed by atoms with Crippen molar-refractivity contribution in [3.63, 3.8) is 0 Å². The van der Waals surface area contributed by atoms with E-state index in [0.717, 1.165) is 6.42 Å². The molecule has 134 valence electrons. The van der Waals surface area contributed by atoms with Crippen LogP contribution in [0.15, 0.2) is 23.3 Å². The standard InChI is InChI=1S/C15H16Cl2N4O4/c16-11-1-2-12(13(17)7-11)14(22)20-5-4-19(15(20)18-21(23)24)8-10-3-6-25-9-10/h1-2,7,10H,3-6,8-9H2. The van der Waals surface area contributed by atoms with E-state index in [1.165, 1.54) is 17.0 Å². The second-order valence-corrected chi connectivity index (χ2v) is 6.74. The number of nitro groups is 1. The first-order valence-electron chi connectivity index (χ1n) is 7.78. The maximum absolute atomic E-state index is 12.8. The van der Waals surface area contributed by atoms with E-state index in [2.05, 4.69) is 5.10 Å². The first-order chi connectivity index (χ1) is 12.0. The summed E-state index contributed by atoms with van der Waals surface area (Å²) in [6.45, 7) is 2.63. The number of amides is 1. The van der Waals surface area contributed by atoms with E-state index >= 15 is 0 Å². The highest BCUT2D eigenvalue weighted by Crippen LogP contribution is 2.25. The van der Waals surface area contributed by atoms with Crippen molar-refractivity contribution in [1.82, 2.24) is 9.80 Å². The molecule has 1 aromatic carbocycles. The van der Waals surface area contributed by atoms with Gasteiger partial charge in [0.15, 0.2) is 5.03 Å². The zero-order valence-corrected chi connectivity index (χ0v) is 14.7. The van der Waals surface area contributed by atoms with Crippen LogP contribution >= 0.6 is 23.2 Å². The highest BCUT2D eigenvalue weighted by Gasteiger charge is 2.36. The number of halogens is 2. The number of carbonyl (C=O) groups excluding carboxylic acids is 1. The first kappa shape index (κ1) is 17.9. The molecule has 0 radical (unpaired) electrons. The Morgan fingerprint density at radius 3 is 2.84 bits per heavy atom. The highest BCUT2D eigenvalue weighted by atomic mass is 35.5. The molecule has 1 aromatic rings. The molecule has 2 aliphatic rings. The number of hydrogen-bond donors (Lipinski definition) is 0. The molecule has 0 aliphatic carbocycles. The summed E-state index contributed by atoms with van der Waals surface area (Å²) in [5, 5.41) is 14.2. The lowest BCUT2D eigenvalue weighted by Gasteiger charge is -2.22. The van der Waals surface area contributed by atoms with Crippen molar-refractivity contribution in [2.45, 2.75) is 6.42 Å². The lowest BCUT2D eigenvalue weighted by Crippen LogP contribution is -2.40. The maximum atomic E-state index is 12.8. The molecule has 2 fully saturated rings. The van der Waals surface area contributed by atoms with Crippen LogP contribution in [0, 0.1) is 16.0 Å². The Labute approximate surface area is 154 Å². The number of nitrogens with zero attached hydrogens (tertiary/aromatic N) is 4. The van der Waals surface area contributed by atoms with Gasteiger partial charge in [-0.1, -0.05) is 23.2 Å². The molecule has 3 rings (SSSR count). The number of carbonyl (C=O) groups is 1. The Morgan fingerprint density at radius 1 is 1.40 bits per heavy atom. The van der Waals surface area contributed by atoms with Gasteiger partial charge in [0.25, 0.3) is 11.9 Å². The molecule has 0 saturated carbocycles. The molecule has 1 atom stereocenters. The predicted octanol–water partition coefficient (Wildman–Crippen LogP) is 2.34. The smallest absolute Gasteiger partial charge is 0.281 e. The minimum Gasteiger partial charge on any atom is -0.381 e. The average molecular weight is 387 g/mol. The molecule has 2 aliphatic heterocycles. The van der Waals surface area contributed by atoms with Crippen molar-refractivity contribution in [3.8, 4) is 0 Å². The van der Waals surface area contributed by atoms with Gasteiger partial charge in [0.1, 0.15) is 5.10 Å². The molecule has 0 N–H and O–H groups in total. The number of ether oxygens (including phenoxy) is 1. The molecule has 1 unspecified atom stereocenters. The zero-order valence-electron chi connectivity index (χ0n) is 13.2. The van der Waals surface area contributed by atoms with Crippen molar-refractivity contribution in [1.29, 1.82) is 0 Å². The fraction of sp³-hybridized carbons (Fsp3) is 0.467. The molecule has 0 aromatic heterocycles. The third-order valence-corrected chi connectivity index (χ3v) is 4.75.